The zero-order valence-electron chi connectivity index (χ0n) is 11.1. The summed E-state index contributed by atoms with van der Waals surface area (Å²) in [5.41, 5.74) is 11.2. The van der Waals surface area contributed by atoms with Gasteiger partial charge in [0.05, 0.1) is 24.0 Å². The molecule has 0 fully saturated rings. The van der Waals surface area contributed by atoms with E-state index in [1.165, 1.54) is 12.3 Å². The Labute approximate surface area is 111 Å². The minimum Gasteiger partial charge on any atom is -0.397 e. The molecule has 0 aliphatic heterocycles. The van der Waals surface area contributed by atoms with Crippen molar-refractivity contribution in [3.63, 3.8) is 0 Å². The van der Waals surface area contributed by atoms with Gasteiger partial charge >= 0.3 is 0 Å². The van der Waals surface area contributed by atoms with Gasteiger partial charge in [-0.2, -0.15) is 0 Å². The van der Waals surface area contributed by atoms with E-state index in [0.29, 0.717) is 18.2 Å². The van der Waals surface area contributed by atoms with Crippen LogP contribution in [0.1, 0.15) is 24.2 Å². The van der Waals surface area contributed by atoms with E-state index in [4.69, 9.17) is 11.5 Å². The molecule has 0 aliphatic rings. The Kier molecular flexibility index (Phi) is 5.11. The van der Waals surface area contributed by atoms with Crippen molar-refractivity contribution in [2.75, 3.05) is 24.1 Å². The second-order valence-electron chi connectivity index (χ2n) is 4.58. The van der Waals surface area contributed by atoms with Crippen molar-refractivity contribution in [2.24, 2.45) is 11.7 Å². The maximum Gasteiger partial charge on any atom is 0.252 e. The number of primary amides is 1. The molecule has 1 rings (SSSR count). The van der Waals surface area contributed by atoms with Crippen molar-refractivity contribution in [3.05, 3.63) is 17.8 Å². The highest BCUT2D eigenvalue weighted by atomic mass is 16.2. The maximum absolute atomic E-state index is 11.5. The monoisotopic (exact) mass is 265 g/mol. The van der Waals surface area contributed by atoms with Gasteiger partial charge < -0.3 is 22.1 Å². The van der Waals surface area contributed by atoms with Crippen LogP contribution in [0.3, 0.4) is 0 Å². The van der Waals surface area contributed by atoms with Crippen LogP contribution in [0.4, 0.5) is 11.5 Å². The summed E-state index contributed by atoms with van der Waals surface area (Å²) in [5, 5.41) is 5.51. The van der Waals surface area contributed by atoms with Crippen LogP contribution in [0.25, 0.3) is 0 Å². The first-order chi connectivity index (χ1) is 8.90. The quantitative estimate of drug-likeness (QED) is 0.574. The summed E-state index contributed by atoms with van der Waals surface area (Å²) in [6, 6.07) is 1.42. The van der Waals surface area contributed by atoms with Crippen LogP contribution in [0, 0.1) is 5.92 Å². The third kappa shape index (κ3) is 4.82. The number of nitrogen functional groups attached to an aromatic ring is 1. The number of nitrogens with zero attached hydrogens (tertiary/aromatic N) is 1. The lowest BCUT2D eigenvalue weighted by Crippen LogP contribution is -2.33. The maximum atomic E-state index is 11.5. The third-order valence-electron chi connectivity index (χ3n) is 2.30. The predicted molar refractivity (Wildman–Crippen MR) is 73.5 cm³/mol. The smallest absolute Gasteiger partial charge is 0.252 e. The van der Waals surface area contributed by atoms with Crippen LogP contribution >= 0.6 is 0 Å². The predicted octanol–water partition coefficient (Wildman–Crippen LogP) is -0.0532. The van der Waals surface area contributed by atoms with Gasteiger partial charge in [0, 0.05) is 6.54 Å². The molecule has 1 aromatic rings. The summed E-state index contributed by atoms with van der Waals surface area (Å²) >= 11 is 0. The number of pyridine rings is 1. The first kappa shape index (κ1) is 14.7. The number of hydrogen-bond donors (Lipinski definition) is 4. The Bertz CT molecular complexity index is 473. The summed E-state index contributed by atoms with van der Waals surface area (Å²) in [6.07, 6.45) is 1.39. The van der Waals surface area contributed by atoms with Crippen LogP contribution in [0.2, 0.25) is 0 Å². The lowest BCUT2D eigenvalue weighted by molar-refractivity contribution is -0.119. The van der Waals surface area contributed by atoms with E-state index in [-0.39, 0.29) is 23.8 Å². The van der Waals surface area contributed by atoms with Gasteiger partial charge in [-0.25, -0.2) is 4.98 Å². The van der Waals surface area contributed by atoms with Crippen molar-refractivity contribution in [2.45, 2.75) is 13.8 Å². The van der Waals surface area contributed by atoms with Gasteiger partial charge in [-0.3, -0.25) is 9.59 Å². The van der Waals surface area contributed by atoms with Crippen LogP contribution in [-0.4, -0.2) is 29.9 Å². The summed E-state index contributed by atoms with van der Waals surface area (Å²) < 4.78 is 0. The first-order valence-corrected chi connectivity index (χ1v) is 5.96. The summed E-state index contributed by atoms with van der Waals surface area (Å²) in [6.45, 7) is 4.61. The number of carbonyl (C=O) groups is 2. The van der Waals surface area contributed by atoms with Crippen LogP contribution in [0.15, 0.2) is 12.3 Å². The molecule has 2 amide bonds. The lowest BCUT2D eigenvalue weighted by Gasteiger charge is -2.11. The molecule has 0 saturated carbocycles. The SMILES string of the molecule is CC(C)CNC(=O)CNc1ncc(N)cc1C(N)=O. The van der Waals surface area contributed by atoms with E-state index in [9.17, 15) is 9.59 Å². The van der Waals surface area contributed by atoms with Crippen molar-refractivity contribution in [3.8, 4) is 0 Å². The number of amides is 2. The Hall–Kier alpha value is -2.31. The molecule has 0 unspecified atom stereocenters. The molecule has 0 radical (unpaired) electrons. The molecule has 0 aromatic carbocycles. The van der Waals surface area contributed by atoms with Crippen LogP contribution in [0.5, 0.6) is 0 Å². The van der Waals surface area contributed by atoms with E-state index in [0.717, 1.165) is 0 Å². The van der Waals surface area contributed by atoms with E-state index < -0.39 is 5.91 Å². The Balaban J connectivity index is 2.62. The summed E-state index contributed by atoms with van der Waals surface area (Å²) in [7, 11) is 0. The molecular formula is C12H19N5O2. The normalized spacial score (nSPS) is 10.3. The van der Waals surface area contributed by atoms with E-state index >= 15 is 0 Å². The minimum atomic E-state index is -0.648. The molecule has 1 aromatic heterocycles. The highest BCUT2D eigenvalue weighted by Gasteiger charge is 2.11. The van der Waals surface area contributed by atoms with Crippen molar-refractivity contribution in [1.82, 2.24) is 10.3 Å². The highest BCUT2D eigenvalue weighted by Crippen LogP contribution is 2.14. The highest BCUT2D eigenvalue weighted by molar-refractivity contribution is 5.98. The van der Waals surface area contributed by atoms with E-state index in [1.54, 1.807) is 0 Å². The lowest BCUT2D eigenvalue weighted by atomic mass is 10.2. The molecule has 7 nitrogen and oxygen atoms in total. The second-order valence-corrected chi connectivity index (χ2v) is 4.58. The zero-order valence-corrected chi connectivity index (χ0v) is 11.1. The Morgan fingerprint density at radius 3 is 2.68 bits per heavy atom. The molecule has 0 bridgehead atoms. The molecule has 0 atom stereocenters. The molecule has 104 valence electrons. The number of nitrogens with one attached hydrogen (secondary N) is 2. The molecule has 1 heterocycles. The average molecular weight is 265 g/mol. The first-order valence-electron chi connectivity index (χ1n) is 5.96. The molecular weight excluding hydrogens is 246 g/mol. The molecule has 0 aliphatic carbocycles. The number of nitrogens with two attached hydrogens (primary N) is 2. The van der Waals surface area contributed by atoms with Crippen molar-refractivity contribution >= 4 is 23.3 Å². The van der Waals surface area contributed by atoms with Gasteiger partial charge in [0.1, 0.15) is 5.82 Å². The summed E-state index contributed by atoms with van der Waals surface area (Å²) in [4.78, 5) is 26.7. The molecule has 19 heavy (non-hydrogen) atoms. The fraction of sp³-hybridized carbons (Fsp3) is 0.417. The standard InChI is InChI=1S/C12H19N5O2/c1-7(2)4-15-10(18)6-17-12-9(11(14)19)3-8(13)5-16-12/h3,5,7H,4,6,13H2,1-2H3,(H2,14,19)(H,15,18)(H,16,17). The molecule has 7 heteroatoms. The van der Waals surface area contributed by atoms with Gasteiger partial charge in [0.15, 0.2) is 0 Å². The molecule has 6 N–H and O–H groups in total. The van der Waals surface area contributed by atoms with Crippen molar-refractivity contribution in [1.29, 1.82) is 0 Å². The fourth-order valence-electron chi connectivity index (χ4n) is 1.35. The van der Waals surface area contributed by atoms with Gasteiger partial charge in [-0.1, -0.05) is 13.8 Å². The number of rotatable bonds is 6. The summed E-state index contributed by atoms with van der Waals surface area (Å²) in [5.74, 6) is -0.200. The number of aromatic nitrogens is 1. The number of carbonyl (C=O) groups excluding carboxylic acids is 2. The van der Waals surface area contributed by atoms with E-state index in [1.807, 2.05) is 13.8 Å². The van der Waals surface area contributed by atoms with Gasteiger partial charge in [-0.05, 0) is 12.0 Å². The number of hydrogen-bond acceptors (Lipinski definition) is 5. The largest absolute Gasteiger partial charge is 0.397 e. The number of anilines is 2. The van der Waals surface area contributed by atoms with Gasteiger partial charge in [-0.15, -0.1) is 0 Å². The van der Waals surface area contributed by atoms with Gasteiger partial charge in [0.2, 0.25) is 5.91 Å². The second kappa shape index (κ2) is 6.58. The Morgan fingerprint density at radius 1 is 1.42 bits per heavy atom. The average Bonchev–Trinajstić information content (AvgIpc) is 2.34. The Morgan fingerprint density at radius 2 is 2.11 bits per heavy atom. The third-order valence-corrected chi connectivity index (χ3v) is 2.30. The zero-order chi connectivity index (χ0) is 14.4. The fourth-order valence-corrected chi connectivity index (χ4v) is 1.35. The minimum absolute atomic E-state index is 0.0178. The molecule has 0 spiro atoms. The van der Waals surface area contributed by atoms with Crippen LogP contribution in [-0.2, 0) is 4.79 Å². The topological polar surface area (TPSA) is 123 Å². The van der Waals surface area contributed by atoms with Gasteiger partial charge in [0.25, 0.3) is 5.91 Å². The van der Waals surface area contributed by atoms with Crippen LogP contribution < -0.4 is 22.1 Å². The molecule has 0 saturated heterocycles. The van der Waals surface area contributed by atoms with Crippen molar-refractivity contribution < 1.29 is 9.59 Å². The van der Waals surface area contributed by atoms with E-state index in [2.05, 4.69) is 15.6 Å².